The van der Waals surface area contributed by atoms with Crippen molar-refractivity contribution >= 4 is 39.1 Å². The van der Waals surface area contributed by atoms with E-state index in [0.717, 1.165) is 46.2 Å². The molecular weight excluding hydrogens is 384 g/mol. The molecule has 3 aromatic rings. The first kappa shape index (κ1) is 20.2. The van der Waals surface area contributed by atoms with Crippen LogP contribution in [0.25, 0.3) is 21.8 Å². The van der Waals surface area contributed by atoms with E-state index in [2.05, 4.69) is 34.3 Å². The van der Waals surface area contributed by atoms with Gasteiger partial charge in [-0.1, -0.05) is 11.6 Å². The van der Waals surface area contributed by atoms with Gasteiger partial charge in [-0.25, -0.2) is 4.98 Å². The Kier molecular flexibility index (Phi) is 6.38. The maximum atomic E-state index is 6.21. The highest BCUT2D eigenvalue weighted by Crippen LogP contribution is 2.34. The highest BCUT2D eigenvalue weighted by atomic mass is 35.5. The Morgan fingerprint density at radius 2 is 1.83 bits per heavy atom. The van der Waals surface area contributed by atoms with E-state index < -0.39 is 0 Å². The lowest BCUT2D eigenvalue weighted by molar-refractivity contribution is 0.152. The van der Waals surface area contributed by atoms with E-state index in [0.29, 0.717) is 5.02 Å². The van der Waals surface area contributed by atoms with Crippen molar-refractivity contribution in [3.63, 3.8) is 0 Å². The molecule has 0 bridgehead atoms. The molecule has 0 spiro atoms. The average Bonchev–Trinajstić information content (AvgIpc) is 2.73. The van der Waals surface area contributed by atoms with Gasteiger partial charge in [-0.3, -0.25) is 0 Å². The first-order valence-corrected chi connectivity index (χ1v) is 10.7. The molecule has 6 heteroatoms. The number of nitrogens with one attached hydrogen (secondary N) is 1. The van der Waals surface area contributed by atoms with Gasteiger partial charge < -0.3 is 19.9 Å². The third kappa shape index (κ3) is 4.74. The van der Waals surface area contributed by atoms with Gasteiger partial charge in [-0.05, 0) is 62.8 Å². The standard InChI is InChI=1S/C23H29ClN4O/c1-27-11-13-28(14-12-27)10-4-3-9-25-23-19-7-5-17(24)15-22(19)26-21-8-6-18(29-2)16-20(21)23/h5-8,15-16H,3-4,9-14H2,1-2H3,(H,25,26). The molecule has 1 N–H and O–H groups in total. The van der Waals surface area contributed by atoms with Gasteiger partial charge in [0.05, 0.1) is 23.8 Å². The van der Waals surface area contributed by atoms with Crippen LogP contribution in [0.4, 0.5) is 5.69 Å². The summed E-state index contributed by atoms with van der Waals surface area (Å²) in [7, 11) is 3.90. The summed E-state index contributed by atoms with van der Waals surface area (Å²) in [4.78, 5) is 9.77. The van der Waals surface area contributed by atoms with Crippen molar-refractivity contribution in [3.05, 3.63) is 41.4 Å². The molecule has 1 aromatic heterocycles. The zero-order chi connectivity index (χ0) is 20.2. The number of nitrogens with zero attached hydrogens (tertiary/aromatic N) is 3. The zero-order valence-electron chi connectivity index (χ0n) is 17.2. The molecular formula is C23H29ClN4O. The van der Waals surface area contributed by atoms with Gasteiger partial charge >= 0.3 is 0 Å². The van der Waals surface area contributed by atoms with E-state index in [1.165, 1.54) is 39.1 Å². The predicted octanol–water partition coefficient (Wildman–Crippen LogP) is 4.49. The number of likely N-dealkylation sites (N-methyl/N-ethyl adjacent to an activating group) is 1. The molecule has 1 aliphatic heterocycles. The molecule has 4 rings (SSSR count). The average molecular weight is 413 g/mol. The van der Waals surface area contributed by atoms with Crippen LogP contribution in [0.1, 0.15) is 12.8 Å². The zero-order valence-corrected chi connectivity index (χ0v) is 18.0. The third-order valence-electron chi connectivity index (χ3n) is 5.74. The first-order chi connectivity index (χ1) is 14.1. The summed E-state index contributed by atoms with van der Waals surface area (Å²) < 4.78 is 5.44. The summed E-state index contributed by atoms with van der Waals surface area (Å²) in [6.07, 6.45) is 2.34. The molecule has 0 aliphatic carbocycles. The second kappa shape index (κ2) is 9.16. The van der Waals surface area contributed by atoms with Crippen molar-refractivity contribution < 1.29 is 4.74 Å². The van der Waals surface area contributed by atoms with Crippen LogP contribution in [0.2, 0.25) is 5.02 Å². The van der Waals surface area contributed by atoms with Gasteiger partial charge in [0.25, 0.3) is 0 Å². The van der Waals surface area contributed by atoms with E-state index in [4.69, 9.17) is 21.3 Å². The Hall–Kier alpha value is -2.08. The fourth-order valence-electron chi connectivity index (χ4n) is 3.96. The lowest BCUT2D eigenvalue weighted by Gasteiger charge is -2.32. The summed E-state index contributed by atoms with van der Waals surface area (Å²) in [5.41, 5.74) is 2.97. The Labute approximate surface area is 177 Å². The molecule has 1 aliphatic rings. The van der Waals surface area contributed by atoms with E-state index in [1.54, 1.807) is 7.11 Å². The number of aromatic nitrogens is 1. The van der Waals surface area contributed by atoms with Crippen LogP contribution in [0.5, 0.6) is 5.75 Å². The summed E-state index contributed by atoms with van der Waals surface area (Å²) in [5.74, 6) is 0.839. The SMILES string of the molecule is COc1ccc2nc3cc(Cl)ccc3c(NCCCCN3CCN(C)CC3)c2c1. The van der Waals surface area contributed by atoms with Gasteiger partial charge in [0.1, 0.15) is 5.75 Å². The van der Waals surface area contributed by atoms with Crippen molar-refractivity contribution in [3.8, 4) is 5.75 Å². The van der Waals surface area contributed by atoms with Crippen molar-refractivity contribution in [2.45, 2.75) is 12.8 Å². The first-order valence-electron chi connectivity index (χ1n) is 10.4. The Balaban J connectivity index is 1.48. The van der Waals surface area contributed by atoms with Gasteiger partial charge in [0.2, 0.25) is 0 Å². The molecule has 0 atom stereocenters. The molecule has 29 heavy (non-hydrogen) atoms. The number of fused-ring (bicyclic) bond motifs is 2. The van der Waals surface area contributed by atoms with Gasteiger partial charge in [-0.2, -0.15) is 0 Å². The lowest BCUT2D eigenvalue weighted by Crippen LogP contribution is -2.44. The molecule has 0 radical (unpaired) electrons. The lowest BCUT2D eigenvalue weighted by atomic mass is 10.1. The number of benzene rings is 2. The number of methoxy groups -OCH3 is 1. The second-order valence-electron chi connectivity index (χ2n) is 7.81. The maximum Gasteiger partial charge on any atom is 0.119 e. The van der Waals surface area contributed by atoms with Crippen LogP contribution in [-0.4, -0.2) is 68.2 Å². The largest absolute Gasteiger partial charge is 0.497 e. The number of piperazine rings is 1. The van der Waals surface area contributed by atoms with Crippen LogP contribution in [0.15, 0.2) is 36.4 Å². The van der Waals surface area contributed by atoms with Crippen molar-refractivity contribution in [1.29, 1.82) is 0 Å². The van der Waals surface area contributed by atoms with Gasteiger partial charge in [0.15, 0.2) is 0 Å². The molecule has 5 nitrogen and oxygen atoms in total. The number of pyridine rings is 1. The van der Waals surface area contributed by atoms with E-state index in [-0.39, 0.29) is 0 Å². The number of hydrogen-bond acceptors (Lipinski definition) is 5. The molecule has 1 saturated heterocycles. The fourth-order valence-corrected chi connectivity index (χ4v) is 4.13. The minimum Gasteiger partial charge on any atom is -0.497 e. The second-order valence-corrected chi connectivity index (χ2v) is 8.25. The number of rotatable bonds is 7. The summed E-state index contributed by atoms with van der Waals surface area (Å²) >= 11 is 6.21. The van der Waals surface area contributed by atoms with Crippen molar-refractivity contribution in [2.75, 3.05) is 58.7 Å². The molecule has 0 saturated carbocycles. The highest BCUT2D eigenvalue weighted by molar-refractivity contribution is 6.31. The normalized spacial score (nSPS) is 15.8. The van der Waals surface area contributed by atoms with Crippen LogP contribution in [0.3, 0.4) is 0 Å². The quantitative estimate of drug-likeness (QED) is 0.457. The number of hydrogen-bond donors (Lipinski definition) is 1. The van der Waals surface area contributed by atoms with Gasteiger partial charge in [-0.15, -0.1) is 0 Å². The van der Waals surface area contributed by atoms with E-state index >= 15 is 0 Å². The number of ether oxygens (including phenoxy) is 1. The van der Waals surface area contributed by atoms with Crippen LogP contribution in [-0.2, 0) is 0 Å². The fraction of sp³-hybridized carbons (Fsp3) is 0.435. The molecule has 0 amide bonds. The van der Waals surface area contributed by atoms with Crippen molar-refractivity contribution in [1.82, 2.24) is 14.8 Å². The van der Waals surface area contributed by atoms with E-state index in [1.807, 2.05) is 24.3 Å². The smallest absolute Gasteiger partial charge is 0.119 e. The van der Waals surface area contributed by atoms with Crippen LogP contribution in [0, 0.1) is 0 Å². The van der Waals surface area contributed by atoms with Gasteiger partial charge in [0, 0.05) is 48.5 Å². The molecule has 2 heterocycles. The Bertz CT molecular complexity index is 985. The third-order valence-corrected chi connectivity index (χ3v) is 5.98. The Morgan fingerprint density at radius 1 is 1.00 bits per heavy atom. The monoisotopic (exact) mass is 412 g/mol. The molecule has 0 unspecified atom stereocenters. The van der Waals surface area contributed by atoms with Crippen LogP contribution >= 0.6 is 11.6 Å². The van der Waals surface area contributed by atoms with Crippen molar-refractivity contribution in [2.24, 2.45) is 0 Å². The summed E-state index contributed by atoms with van der Waals surface area (Å²) in [6.45, 7) is 6.84. The number of anilines is 1. The Morgan fingerprint density at radius 3 is 2.62 bits per heavy atom. The van der Waals surface area contributed by atoms with Crippen LogP contribution < -0.4 is 10.1 Å². The highest BCUT2D eigenvalue weighted by Gasteiger charge is 2.13. The van der Waals surface area contributed by atoms with E-state index in [9.17, 15) is 0 Å². The summed E-state index contributed by atoms with van der Waals surface area (Å²) in [5, 5.41) is 6.56. The molecule has 154 valence electrons. The minimum absolute atomic E-state index is 0.705. The minimum atomic E-state index is 0.705. The topological polar surface area (TPSA) is 40.6 Å². The maximum absolute atomic E-state index is 6.21. The molecule has 2 aromatic carbocycles. The summed E-state index contributed by atoms with van der Waals surface area (Å²) in [6, 6.07) is 11.9. The molecule has 1 fully saturated rings. The number of unbranched alkanes of at least 4 members (excludes halogenated alkanes) is 1. The predicted molar refractivity (Wildman–Crippen MR) is 122 cm³/mol. The number of halogens is 1.